The zero-order chi connectivity index (χ0) is 13.1. The Hall–Kier alpha value is -1.62. The Morgan fingerprint density at radius 3 is 2.56 bits per heavy atom. The van der Waals surface area contributed by atoms with Crippen LogP contribution in [0.5, 0.6) is 0 Å². The number of hydrogen-bond donors (Lipinski definition) is 1. The van der Waals surface area contributed by atoms with Gasteiger partial charge in [0.2, 0.25) is 5.91 Å². The highest BCUT2D eigenvalue weighted by atomic mass is 79.9. The van der Waals surface area contributed by atoms with Crippen LogP contribution in [-0.4, -0.2) is 11.1 Å². The summed E-state index contributed by atoms with van der Waals surface area (Å²) in [7, 11) is 0. The number of hydrogen-bond acceptors (Lipinski definition) is 3. The zero-order valence-electron chi connectivity index (χ0n) is 10.2. The molecule has 1 amide bonds. The molecule has 0 aliphatic rings. The van der Waals surface area contributed by atoms with Gasteiger partial charge in [0, 0.05) is 15.7 Å². The Balaban J connectivity index is 2.03. The van der Waals surface area contributed by atoms with Crippen molar-refractivity contribution in [3.8, 4) is 0 Å². The molecule has 94 valence electrons. The molecule has 2 rings (SSSR count). The van der Waals surface area contributed by atoms with E-state index >= 15 is 0 Å². The average molecular weight is 309 g/mol. The van der Waals surface area contributed by atoms with Gasteiger partial charge >= 0.3 is 0 Å². The third-order valence-electron chi connectivity index (χ3n) is 2.65. The lowest BCUT2D eigenvalue weighted by molar-refractivity contribution is -0.115. The Morgan fingerprint density at radius 1 is 1.33 bits per heavy atom. The van der Waals surface area contributed by atoms with Crippen LogP contribution in [0.4, 0.5) is 5.69 Å². The number of nitrogens with one attached hydrogen (secondary N) is 1. The summed E-state index contributed by atoms with van der Waals surface area (Å²) in [6.07, 6.45) is 0.275. The van der Waals surface area contributed by atoms with Gasteiger partial charge in [0.1, 0.15) is 5.76 Å². The molecule has 0 saturated heterocycles. The van der Waals surface area contributed by atoms with Crippen LogP contribution in [0.2, 0.25) is 0 Å². The van der Waals surface area contributed by atoms with Gasteiger partial charge in [0.25, 0.3) is 0 Å². The molecule has 0 fully saturated rings. The molecule has 0 aliphatic carbocycles. The highest BCUT2D eigenvalue weighted by Crippen LogP contribution is 2.16. The highest BCUT2D eigenvalue weighted by Gasteiger charge is 2.13. The third kappa shape index (κ3) is 2.98. The fourth-order valence-electron chi connectivity index (χ4n) is 1.65. The second kappa shape index (κ2) is 5.35. The van der Waals surface area contributed by atoms with Gasteiger partial charge in [-0.15, -0.1) is 0 Å². The van der Waals surface area contributed by atoms with E-state index in [0.29, 0.717) is 5.76 Å². The first-order valence-electron chi connectivity index (χ1n) is 5.53. The van der Waals surface area contributed by atoms with E-state index in [4.69, 9.17) is 4.52 Å². The molecule has 1 heterocycles. The van der Waals surface area contributed by atoms with E-state index in [9.17, 15) is 4.79 Å². The van der Waals surface area contributed by atoms with Crippen molar-refractivity contribution in [2.24, 2.45) is 0 Å². The van der Waals surface area contributed by atoms with Gasteiger partial charge in [-0.2, -0.15) is 0 Å². The molecule has 4 nitrogen and oxygen atoms in total. The quantitative estimate of drug-likeness (QED) is 0.947. The SMILES string of the molecule is Cc1noc(C)c1CC(=O)Nc1ccc(Br)cc1. The number of anilines is 1. The predicted octanol–water partition coefficient (Wildman–Crippen LogP) is 3.24. The Morgan fingerprint density at radius 2 is 2.00 bits per heavy atom. The summed E-state index contributed by atoms with van der Waals surface area (Å²) >= 11 is 3.35. The van der Waals surface area contributed by atoms with Crippen molar-refractivity contribution in [3.05, 3.63) is 45.8 Å². The van der Waals surface area contributed by atoms with E-state index in [1.807, 2.05) is 38.1 Å². The third-order valence-corrected chi connectivity index (χ3v) is 3.18. The topological polar surface area (TPSA) is 55.1 Å². The maximum absolute atomic E-state index is 11.9. The van der Waals surface area contributed by atoms with E-state index in [2.05, 4.69) is 26.4 Å². The van der Waals surface area contributed by atoms with Crippen molar-refractivity contribution in [2.75, 3.05) is 5.32 Å². The number of benzene rings is 1. The number of rotatable bonds is 3. The second-order valence-corrected chi connectivity index (χ2v) is 4.95. The van der Waals surface area contributed by atoms with Gasteiger partial charge in [0.05, 0.1) is 12.1 Å². The van der Waals surface area contributed by atoms with Crippen LogP contribution in [0.15, 0.2) is 33.3 Å². The second-order valence-electron chi connectivity index (χ2n) is 4.03. The number of carbonyl (C=O) groups is 1. The van der Waals surface area contributed by atoms with E-state index < -0.39 is 0 Å². The fraction of sp³-hybridized carbons (Fsp3) is 0.231. The molecule has 0 radical (unpaired) electrons. The van der Waals surface area contributed by atoms with Gasteiger partial charge in [-0.3, -0.25) is 4.79 Å². The molecule has 1 aromatic carbocycles. The number of halogens is 1. The minimum absolute atomic E-state index is 0.0771. The van der Waals surface area contributed by atoms with Gasteiger partial charge in [-0.1, -0.05) is 21.1 Å². The van der Waals surface area contributed by atoms with Crippen molar-refractivity contribution in [3.63, 3.8) is 0 Å². The molecule has 0 spiro atoms. The lowest BCUT2D eigenvalue weighted by Crippen LogP contribution is -2.15. The summed E-state index contributed by atoms with van der Waals surface area (Å²) in [6, 6.07) is 7.45. The largest absolute Gasteiger partial charge is 0.361 e. The minimum atomic E-state index is -0.0771. The zero-order valence-corrected chi connectivity index (χ0v) is 11.7. The first-order valence-corrected chi connectivity index (χ1v) is 6.32. The molecule has 0 bridgehead atoms. The summed E-state index contributed by atoms with van der Waals surface area (Å²) in [5.41, 5.74) is 2.39. The molecule has 0 saturated carbocycles. The molecule has 0 aliphatic heterocycles. The lowest BCUT2D eigenvalue weighted by Gasteiger charge is -2.05. The summed E-state index contributed by atoms with van der Waals surface area (Å²) in [5, 5.41) is 6.66. The summed E-state index contributed by atoms with van der Waals surface area (Å²) in [5.74, 6) is 0.616. The van der Waals surface area contributed by atoms with Gasteiger partial charge in [0.15, 0.2) is 0 Å². The number of nitrogens with zero attached hydrogens (tertiary/aromatic N) is 1. The van der Waals surface area contributed by atoms with Crippen LogP contribution in [0.1, 0.15) is 17.0 Å². The fourth-order valence-corrected chi connectivity index (χ4v) is 1.92. The smallest absolute Gasteiger partial charge is 0.228 e. The van der Waals surface area contributed by atoms with Crippen molar-refractivity contribution >= 4 is 27.5 Å². The van der Waals surface area contributed by atoms with Gasteiger partial charge < -0.3 is 9.84 Å². The lowest BCUT2D eigenvalue weighted by atomic mass is 10.1. The Kier molecular flexibility index (Phi) is 3.81. The van der Waals surface area contributed by atoms with Crippen molar-refractivity contribution < 1.29 is 9.32 Å². The standard InChI is InChI=1S/C13H13BrN2O2/c1-8-12(9(2)18-16-8)7-13(17)15-11-5-3-10(14)4-6-11/h3-6H,7H2,1-2H3,(H,15,17). The van der Waals surface area contributed by atoms with E-state index in [1.165, 1.54) is 0 Å². The van der Waals surface area contributed by atoms with Gasteiger partial charge in [-0.25, -0.2) is 0 Å². The molecular formula is C13H13BrN2O2. The molecule has 1 aromatic heterocycles. The number of aryl methyl sites for hydroxylation is 2. The number of aromatic nitrogens is 1. The normalized spacial score (nSPS) is 10.4. The molecule has 1 N–H and O–H groups in total. The average Bonchev–Trinajstić information content (AvgIpc) is 2.64. The van der Waals surface area contributed by atoms with Crippen molar-refractivity contribution in [2.45, 2.75) is 20.3 Å². The van der Waals surface area contributed by atoms with Crippen LogP contribution >= 0.6 is 15.9 Å². The molecule has 2 aromatic rings. The maximum atomic E-state index is 11.9. The molecule has 5 heteroatoms. The molecule has 0 unspecified atom stereocenters. The molecule has 0 atom stereocenters. The number of amides is 1. The van der Waals surface area contributed by atoms with Crippen LogP contribution in [0.25, 0.3) is 0 Å². The van der Waals surface area contributed by atoms with Gasteiger partial charge in [-0.05, 0) is 38.1 Å². The first kappa shape index (κ1) is 12.8. The Bertz CT molecular complexity index is 541. The molecular weight excluding hydrogens is 296 g/mol. The summed E-state index contributed by atoms with van der Waals surface area (Å²) in [6.45, 7) is 3.64. The van der Waals surface area contributed by atoms with Crippen molar-refractivity contribution in [1.82, 2.24) is 5.16 Å². The van der Waals surface area contributed by atoms with E-state index in [0.717, 1.165) is 21.4 Å². The van der Waals surface area contributed by atoms with Crippen LogP contribution in [0.3, 0.4) is 0 Å². The highest BCUT2D eigenvalue weighted by molar-refractivity contribution is 9.10. The monoisotopic (exact) mass is 308 g/mol. The summed E-state index contributed by atoms with van der Waals surface area (Å²) in [4.78, 5) is 11.9. The first-order chi connectivity index (χ1) is 8.56. The number of carbonyl (C=O) groups excluding carboxylic acids is 1. The van der Waals surface area contributed by atoms with Crippen LogP contribution < -0.4 is 5.32 Å². The molecule has 18 heavy (non-hydrogen) atoms. The minimum Gasteiger partial charge on any atom is -0.361 e. The predicted molar refractivity (Wildman–Crippen MR) is 72.5 cm³/mol. The van der Waals surface area contributed by atoms with E-state index in [-0.39, 0.29) is 12.3 Å². The van der Waals surface area contributed by atoms with Crippen molar-refractivity contribution in [1.29, 1.82) is 0 Å². The maximum Gasteiger partial charge on any atom is 0.228 e. The Labute approximate surface area is 113 Å². The summed E-state index contributed by atoms with van der Waals surface area (Å²) < 4.78 is 6.00. The van der Waals surface area contributed by atoms with Crippen LogP contribution in [0, 0.1) is 13.8 Å². The van der Waals surface area contributed by atoms with Crippen LogP contribution in [-0.2, 0) is 11.2 Å². The van der Waals surface area contributed by atoms with E-state index in [1.54, 1.807) is 0 Å².